The molecule has 2 aliphatic heterocycles. The molecule has 4 rings (SSSR count). The van der Waals surface area contributed by atoms with Crippen molar-refractivity contribution in [1.29, 1.82) is 0 Å². The molecule has 10 heteroatoms. The molecule has 0 aromatic heterocycles. The van der Waals surface area contributed by atoms with Gasteiger partial charge in [0.15, 0.2) is 10.8 Å². The van der Waals surface area contributed by atoms with Crippen molar-refractivity contribution in [1.82, 2.24) is 9.80 Å². The van der Waals surface area contributed by atoms with E-state index in [1.807, 2.05) is 35.2 Å². The summed E-state index contributed by atoms with van der Waals surface area (Å²) in [7, 11) is -3.24. The second-order valence-corrected chi connectivity index (χ2v) is 10.3. The molecule has 0 saturated carbocycles. The number of amides is 1. The lowest BCUT2D eigenvalue weighted by Crippen LogP contribution is -2.59. The first-order chi connectivity index (χ1) is 15.5. The molecular formula is C23H25F3N2O4S. The maximum Gasteiger partial charge on any atom is 0.475 e. The summed E-state index contributed by atoms with van der Waals surface area (Å²) in [5.41, 5.74) is -4.71. The third-order valence-electron chi connectivity index (χ3n) is 6.03. The maximum absolute atomic E-state index is 13.1. The molecule has 1 saturated heterocycles. The fourth-order valence-electron chi connectivity index (χ4n) is 4.34. The molecule has 2 aromatic rings. The van der Waals surface area contributed by atoms with Gasteiger partial charge in [0.2, 0.25) is 5.91 Å². The molecule has 3 atom stereocenters. The molecule has 1 N–H and O–H groups in total. The standard InChI is InChI=1S/C23H25F3N2O4S/c1-22(2)21(30)20(17-12-16(8-9-18(17)32-22)33(31)23(24,25)26)28-11-10-27(14-19(28)29)13-15-6-4-3-5-7-15/h3-9,12,20-21,30H,10-11,13-14H2,1-2H3/t20-,21+,33?/m0/s1. The smallest absolute Gasteiger partial charge is 0.475 e. The van der Waals surface area contributed by atoms with E-state index in [0.717, 1.165) is 17.7 Å². The van der Waals surface area contributed by atoms with Gasteiger partial charge in [-0.25, -0.2) is 4.21 Å². The van der Waals surface area contributed by atoms with Crippen LogP contribution in [-0.4, -0.2) is 61.9 Å². The molecule has 0 radical (unpaired) electrons. The Morgan fingerprint density at radius 2 is 1.85 bits per heavy atom. The van der Waals surface area contributed by atoms with E-state index >= 15 is 0 Å². The van der Waals surface area contributed by atoms with Gasteiger partial charge in [-0.3, -0.25) is 9.69 Å². The summed E-state index contributed by atoms with van der Waals surface area (Å²) in [5.74, 6) is 0.0185. The fraction of sp³-hybridized carbons (Fsp3) is 0.435. The van der Waals surface area contributed by atoms with Crippen LogP contribution in [0.15, 0.2) is 53.4 Å². The Labute approximate surface area is 192 Å². The summed E-state index contributed by atoms with van der Waals surface area (Å²) in [5, 5.41) is 11.1. The summed E-state index contributed by atoms with van der Waals surface area (Å²) in [6, 6.07) is 12.4. The second kappa shape index (κ2) is 8.73. The van der Waals surface area contributed by atoms with Crippen LogP contribution in [-0.2, 0) is 22.1 Å². The molecule has 178 valence electrons. The van der Waals surface area contributed by atoms with Crippen LogP contribution < -0.4 is 4.74 Å². The zero-order valence-corrected chi connectivity index (χ0v) is 19.0. The number of rotatable bonds is 4. The van der Waals surface area contributed by atoms with E-state index in [4.69, 9.17) is 4.74 Å². The third kappa shape index (κ3) is 4.78. The Morgan fingerprint density at radius 3 is 2.48 bits per heavy atom. The zero-order chi connectivity index (χ0) is 24.0. The van der Waals surface area contributed by atoms with Gasteiger partial charge in [-0.05, 0) is 37.6 Å². The fourth-order valence-corrected chi connectivity index (χ4v) is 5.03. The number of fused-ring (bicyclic) bond motifs is 1. The summed E-state index contributed by atoms with van der Waals surface area (Å²) in [6.45, 7) is 4.84. The molecule has 0 aliphatic carbocycles. The van der Waals surface area contributed by atoms with Crippen LogP contribution in [0.2, 0.25) is 0 Å². The summed E-state index contributed by atoms with van der Waals surface area (Å²) < 4.78 is 56.9. The van der Waals surface area contributed by atoms with Crippen molar-refractivity contribution in [2.24, 2.45) is 0 Å². The van der Waals surface area contributed by atoms with Gasteiger partial charge < -0.3 is 14.7 Å². The zero-order valence-electron chi connectivity index (χ0n) is 18.2. The van der Waals surface area contributed by atoms with E-state index in [-0.39, 0.29) is 30.3 Å². The molecule has 0 spiro atoms. The molecule has 2 aliphatic rings. The van der Waals surface area contributed by atoms with E-state index in [1.165, 1.54) is 11.0 Å². The van der Waals surface area contributed by atoms with Gasteiger partial charge in [0.05, 0.1) is 12.6 Å². The van der Waals surface area contributed by atoms with Crippen molar-refractivity contribution in [2.45, 2.75) is 48.5 Å². The number of benzene rings is 2. The largest absolute Gasteiger partial charge is 0.485 e. The average molecular weight is 483 g/mol. The number of aliphatic hydroxyl groups is 1. The van der Waals surface area contributed by atoms with E-state index < -0.39 is 39.0 Å². The lowest BCUT2D eigenvalue weighted by molar-refractivity contribution is -0.150. The van der Waals surface area contributed by atoms with Crippen LogP contribution in [0.5, 0.6) is 5.75 Å². The molecule has 33 heavy (non-hydrogen) atoms. The number of alkyl halides is 3. The van der Waals surface area contributed by atoms with Crippen molar-refractivity contribution in [2.75, 3.05) is 19.6 Å². The third-order valence-corrected chi connectivity index (χ3v) is 7.13. The normalized spacial score (nSPS) is 24.2. The van der Waals surface area contributed by atoms with Gasteiger partial charge in [-0.1, -0.05) is 30.3 Å². The lowest BCUT2D eigenvalue weighted by atomic mass is 9.85. The van der Waals surface area contributed by atoms with Gasteiger partial charge in [-0.15, -0.1) is 0 Å². The number of carbonyl (C=O) groups excluding carboxylic acids is 1. The van der Waals surface area contributed by atoms with Crippen molar-refractivity contribution in [3.8, 4) is 5.75 Å². The minimum absolute atomic E-state index is 0.114. The van der Waals surface area contributed by atoms with Gasteiger partial charge in [0.1, 0.15) is 17.5 Å². The van der Waals surface area contributed by atoms with Crippen LogP contribution in [0, 0.1) is 0 Å². The van der Waals surface area contributed by atoms with Crippen molar-refractivity contribution < 1.29 is 32.0 Å². The minimum atomic E-state index is -4.92. The Balaban J connectivity index is 1.63. The molecule has 2 aromatic carbocycles. The number of ether oxygens (including phenoxy) is 1. The second-order valence-electron chi connectivity index (χ2n) is 8.79. The maximum atomic E-state index is 13.1. The molecule has 1 unspecified atom stereocenters. The molecular weight excluding hydrogens is 457 g/mol. The van der Waals surface area contributed by atoms with Crippen molar-refractivity contribution >= 4 is 16.7 Å². The van der Waals surface area contributed by atoms with E-state index in [2.05, 4.69) is 0 Å². The average Bonchev–Trinajstić information content (AvgIpc) is 2.75. The number of hydrogen-bond donors (Lipinski definition) is 1. The highest BCUT2D eigenvalue weighted by atomic mass is 32.2. The number of halogens is 3. The highest BCUT2D eigenvalue weighted by Crippen LogP contribution is 2.44. The Kier molecular flexibility index (Phi) is 6.28. The van der Waals surface area contributed by atoms with Crippen LogP contribution in [0.3, 0.4) is 0 Å². The first kappa shape index (κ1) is 23.7. The van der Waals surface area contributed by atoms with Crippen LogP contribution in [0.4, 0.5) is 13.2 Å². The van der Waals surface area contributed by atoms with Gasteiger partial charge in [-0.2, -0.15) is 13.2 Å². The highest BCUT2D eigenvalue weighted by molar-refractivity contribution is 7.86. The lowest BCUT2D eigenvalue weighted by Gasteiger charge is -2.48. The number of carbonyl (C=O) groups is 1. The SMILES string of the molecule is CC1(C)Oc2ccc(S(=O)C(F)(F)F)cc2[C@H](N2CCN(Cc3ccccc3)CC2=O)[C@H]1O. The van der Waals surface area contributed by atoms with Crippen molar-refractivity contribution in [3.63, 3.8) is 0 Å². The van der Waals surface area contributed by atoms with Gasteiger partial charge in [0, 0.05) is 30.1 Å². The Bertz CT molecular complexity index is 1060. The number of hydrogen-bond acceptors (Lipinski definition) is 5. The van der Waals surface area contributed by atoms with E-state index in [9.17, 15) is 27.3 Å². The quantitative estimate of drug-likeness (QED) is 0.725. The van der Waals surface area contributed by atoms with Gasteiger partial charge >= 0.3 is 5.51 Å². The molecule has 1 amide bonds. The Morgan fingerprint density at radius 1 is 1.15 bits per heavy atom. The van der Waals surface area contributed by atoms with E-state index in [1.54, 1.807) is 13.8 Å². The van der Waals surface area contributed by atoms with Gasteiger partial charge in [0.25, 0.3) is 0 Å². The first-order valence-corrected chi connectivity index (χ1v) is 11.7. The number of piperazine rings is 1. The molecule has 1 fully saturated rings. The summed E-state index contributed by atoms with van der Waals surface area (Å²) >= 11 is 0. The predicted molar refractivity (Wildman–Crippen MR) is 116 cm³/mol. The van der Waals surface area contributed by atoms with Crippen LogP contribution >= 0.6 is 0 Å². The first-order valence-electron chi connectivity index (χ1n) is 10.5. The van der Waals surface area contributed by atoms with Crippen LogP contribution in [0.1, 0.15) is 31.0 Å². The Hall–Kier alpha value is -2.43. The molecule has 2 heterocycles. The highest BCUT2D eigenvalue weighted by Gasteiger charge is 2.48. The van der Waals surface area contributed by atoms with E-state index in [0.29, 0.717) is 13.1 Å². The number of nitrogens with zero attached hydrogens (tertiary/aromatic N) is 2. The minimum Gasteiger partial charge on any atom is -0.485 e. The topological polar surface area (TPSA) is 70.1 Å². The van der Waals surface area contributed by atoms with Crippen molar-refractivity contribution in [3.05, 3.63) is 59.7 Å². The number of aliphatic hydroxyl groups excluding tert-OH is 1. The predicted octanol–water partition coefficient (Wildman–Crippen LogP) is 3.23. The summed E-state index contributed by atoms with van der Waals surface area (Å²) in [4.78, 5) is 16.2. The monoisotopic (exact) mass is 482 g/mol. The summed E-state index contributed by atoms with van der Waals surface area (Å²) in [6.07, 6.45) is -1.19. The molecule has 6 nitrogen and oxygen atoms in total. The van der Waals surface area contributed by atoms with Crippen LogP contribution in [0.25, 0.3) is 0 Å². The molecule has 0 bridgehead atoms.